The lowest BCUT2D eigenvalue weighted by molar-refractivity contribution is -0.156. The molecule has 0 saturated carbocycles. The molecule has 0 fully saturated rings. The van der Waals surface area contributed by atoms with Crippen LogP contribution in [0.4, 0.5) is 0 Å². The first-order chi connectivity index (χ1) is 22.0. The van der Waals surface area contributed by atoms with Gasteiger partial charge in [-0.3, -0.25) is 4.90 Å². The summed E-state index contributed by atoms with van der Waals surface area (Å²) in [4.78, 5) is 14.7. The predicted molar refractivity (Wildman–Crippen MR) is 181 cm³/mol. The van der Waals surface area contributed by atoms with Crippen LogP contribution in [0.1, 0.15) is 64.4 Å². The van der Waals surface area contributed by atoms with Gasteiger partial charge in [0.25, 0.3) is 0 Å². The minimum atomic E-state index is -0.594. The number of nitrogens with zero attached hydrogens (tertiary/aromatic N) is 1. The summed E-state index contributed by atoms with van der Waals surface area (Å²) < 4.78 is 17.0. The highest BCUT2D eigenvalue weighted by Gasteiger charge is 2.28. The van der Waals surface area contributed by atoms with E-state index in [1.807, 2.05) is 38.1 Å². The lowest BCUT2D eigenvalue weighted by atomic mass is 9.89. The summed E-state index contributed by atoms with van der Waals surface area (Å²) in [6.07, 6.45) is 4.09. The average molecular weight is 606 g/mol. The average Bonchev–Trinajstić information content (AvgIpc) is 3.21. The number of carbonyl (C=O) groups excluding carboxylic acids is 1. The number of rotatable bonds is 14. The van der Waals surface area contributed by atoms with Crippen LogP contribution in [-0.4, -0.2) is 50.4 Å². The summed E-state index contributed by atoms with van der Waals surface area (Å²) >= 11 is 0. The third kappa shape index (κ3) is 8.42. The van der Waals surface area contributed by atoms with Crippen molar-refractivity contribution in [3.63, 3.8) is 0 Å². The summed E-state index contributed by atoms with van der Waals surface area (Å²) in [5.74, 6) is 0.500. The van der Waals surface area contributed by atoms with Crippen molar-refractivity contribution in [1.82, 2.24) is 4.90 Å². The Morgan fingerprint density at radius 1 is 0.844 bits per heavy atom. The quantitative estimate of drug-likeness (QED) is 0.139. The van der Waals surface area contributed by atoms with Gasteiger partial charge in [0.15, 0.2) is 6.10 Å². The Morgan fingerprint density at radius 3 is 2.40 bits per heavy atom. The van der Waals surface area contributed by atoms with E-state index in [1.54, 1.807) is 0 Å². The lowest BCUT2D eigenvalue weighted by Gasteiger charge is -2.31. The molecule has 4 aromatic carbocycles. The lowest BCUT2D eigenvalue weighted by Crippen LogP contribution is -2.30. The number of ether oxygens (including phenoxy) is 3. The summed E-state index contributed by atoms with van der Waals surface area (Å²) in [7, 11) is 2.22. The molecule has 4 aromatic rings. The second-order valence-corrected chi connectivity index (χ2v) is 11.9. The van der Waals surface area contributed by atoms with E-state index in [1.165, 1.54) is 38.9 Å². The van der Waals surface area contributed by atoms with Gasteiger partial charge >= 0.3 is 5.97 Å². The van der Waals surface area contributed by atoms with Gasteiger partial charge in [0.2, 0.25) is 0 Å². The topological polar surface area (TPSA) is 48.0 Å². The molecule has 1 aliphatic carbocycles. The van der Waals surface area contributed by atoms with Gasteiger partial charge in [0.1, 0.15) is 12.4 Å². The van der Waals surface area contributed by atoms with E-state index in [4.69, 9.17) is 14.2 Å². The fraction of sp³-hybridized carbons (Fsp3) is 0.375. The van der Waals surface area contributed by atoms with Gasteiger partial charge in [-0.1, -0.05) is 84.4 Å². The van der Waals surface area contributed by atoms with Gasteiger partial charge < -0.3 is 14.2 Å². The Labute approximate surface area is 269 Å². The molecular weight excluding hydrogens is 558 g/mol. The van der Waals surface area contributed by atoms with Crippen LogP contribution < -0.4 is 4.74 Å². The SMILES string of the molecule is CCOC(=O)C(Cc1ccc(OCCN(C)C2c3ccc(C)cc3CCc3c(CCc4ccccc4)cccc32)cc1)OCC. The smallest absolute Gasteiger partial charge is 0.335 e. The maximum atomic E-state index is 12.3. The van der Waals surface area contributed by atoms with E-state index in [0.717, 1.165) is 43.5 Å². The molecule has 236 valence electrons. The Morgan fingerprint density at radius 2 is 1.64 bits per heavy atom. The van der Waals surface area contributed by atoms with Gasteiger partial charge in [-0.25, -0.2) is 4.79 Å². The number of esters is 1. The first kappa shape index (κ1) is 32.5. The molecule has 2 atom stereocenters. The molecule has 1 aliphatic rings. The van der Waals surface area contributed by atoms with Gasteiger partial charge in [-0.15, -0.1) is 0 Å². The number of hydrogen-bond donors (Lipinski definition) is 0. The number of benzene rings is 4. The Kier molecular flexibility index (Phi) is 11.5. The molecule has 0 radical (unpaired) electrons. The summed E-state index contributed by atoms with van der Waals surface area (Å²) in [5.41, 5.74) is 10.9. The van der Waals surface area contributed by atoms with E-state index in [2.05, 4.69) is 85.6 Å². The van der Waals surface area contributed by atoms with Crippen molar-refractivity contribution in [2.45, 2.75) is 65.0 Å². The highest BCUT2D eigenvalue weighted by molar-refractivity contribution is 5.75. The third-order valence-electron chi connectivity index (χ3n) is 8.78. The molecule has 0 aromatic heterocycles. The van der Waals surface area contributed by atoms with Crippen molar-refractivity contribution in [2.75, 3.05) is 33.4 Å². The zero-order valence-corrected chi connectivity index (χ0v) is 27.3. The minimum absolute atomic E-state index is 0.166. The maximum Gasteiger partial charge on any atom is 0.335 e. The summed E-state index contributed by atoms with van der Waals surface area (Å²) in [5, 5.41) is 0. The molecule has 0 spiro atoms. The van der Waals surface area contributed by atoms with E-state index >= 15 is 0 Å². The largest absolute Gasteiger partial charge is 0.492 e. The molecule has 0 heterocycles. The summed E-state index contributed by atoms with van der Waals surface area (Å²) in [6, 6.07) is 32.8. The van der Waals surface area contributed by atoms with Crippen LogP contribution in [0.5, 0.6) is 5.75 Å². The van der Waals surface area contributed by atoms with Gasteiger partial charge in [0.05, 0.1) is 12.6 Å². The monoisotopic (exact) mass is 605 g/mol. The van der Waals surface area contributed by atoms with Crippen molar-refractivity contribution in [3.05, 3.63) is 136 Å². The fourth-order valence-electron chi connectivity index (χ4n) is 6.51. The van der Waals surface area contributed by atoms with Crippen LogP contribution in [0.15, 0.2) is 91.0 Å². The number of fused-ring (bicyclic) bond motifs is 2. The van der Waals surface area contributed by atoms with Gasteiger partial charge in [-0.2, -0.15) is 0 Å². The Bertz CT molecular complexity index is 1530. The molecule has 0 aliphatic heterocycles. The molecule has 0 N–H and O–H groups in total. The van der Waals surface area contributed by atoms with Crippen molar-refractivity contribution >= 4 is 5.97 Å². The van der Waals surface area contributed by atoms with Crippen molar-refractivity contribution in [3.8, 4) is 5.75 Å². The van der Waals surface area contributed by atoms with Crippen LogP contribution in [0.2, 0.25) is 0 Å². The normalized spacial score (nSPS) is 14.7. The number of hydrogen-bond acceptors (Lipinski definition) is 5. The zero-order chi connectivity index (χ0) is 31.6. The molecule has 2 unspecified atom stereocenters. The number of likely N-dealkylation sites (N-methyl/N-ethyl adjacent to an activating group) is 1. The number of carbonyl (C=O) groups is 1. The minimum Gasteiger partial charge on any atom is -0.492 e. The third-order valence-corrected chi connectivity index (χ3v) is 8.78. The van der Waals surface area contributed by atoms with Gasteiger partial charge in [-0.05, 0) is 105 Å². The molecule has 5 heteroatoms. The van der Waals surface area contributed by atoms with Crippen molar-refractivity contribution < 1.29 is 19.0 Å². The first-order valence-corrected chi connectivity index (χ1v) is 16.4. The molecule has 0 bridgehead atoms. The van der Waals surface area contributed by atoms with E-state index in [9.17, 15) is 4.79 Å². The molecule has 45 heavy (non-hydrogen) atoms. The second kappa shape index (κ2) is 15.9. The standard InChI is InChI=1S/C40H47NO4/c1-5-43-38(40(42)44-6-2)28-31-17-21-34(22-18-31)45-26-25-41(4)39-36-23-15-29(3)27-33(36)20-24-35-32(13-10-14-37(35)39)19-16-30-11-8-7-9-12-30/h7-15,17-18,21-23,27,38-39H,5-6,16,19-20,24-26,28H2,1-4H3. The summed E-state index contributed by atoms with van der Waals surface area (Å²) in [6.45, 7) is 8.04. The predicted octanol–water partition coefficient (Wildman–Crippen LogP) is 7.49. The van der Waals surface area contributed by atoms with Crippen LogP contribution in [0, 0.1) is 6.92 Å². The van der Waals surface area contributed by atoms with Crippen molar-refractivity contribution in [1.29, 1.82) is 0 Å². The van der Waals surface area contributed by atoms with E-state index in [0.29, 0.717) is 26.2 Å². The zero-order valence-electron chi connectivity index (χ0n) is 27.3. The molecular formula is C40H47NO4. The molecule has 5 rings (SSSR count). The van der Waals surface area contributed by atoms with Crippen LogP contribution in [-0.2, 0) is 46.4 Å². The molecule has 5 nitrogen and oxygen atoms in total. The van der Waals surface area contributed by atoms with Crippen molar-refractivity contribution in [2.24, 2.45) is 0 Å². The van der Waals surface area contributed by atoms with Crippen LogP contribution in [0.25, 0.3) is 0 Å². The van der Waals surface area contributed by atoms with E-state index in [-0.39, 0.29) is 12.0 Å². The van der Waals surface area contributed by atoms with Gasteiger partial charge in [0, 0.05) is 19.6 Å². The maximum absolute atomic E-state index is 12.3. The Hall–Kier alpha value is -3.93. The number of aryl methyl sites for hydroxylation is 4. The van der Waals surface area contributed by atoms with Crippen LogP contribution >= 0.6 is 0 Å². The first-order valence-electron chi connectivity index (χ1n) is 16.4. The fourth-order valence-corrected chi connectivity index (χ4v) is 6.51. The second-order valence-electron chi connectivity index (χ2n) is 11.9. The molecule has 0 amide bonds. The van der Waals surface area contributed by atoms with Crippen LogP contribution in [0.3, 0.4) is 0 Å². The molecule has 0 saturated heterocycles. The highest BCUT2D eigenvalue weighted by Crippen LogP contribution is 2.38. The van der Waals surface area contributed by atoms with E-state index < -0.39 is 6.10 Å². The Balaban J connectivity index is 1.28. The highest BCUT2D eigenvalue weighted by atomic mass is 16.6.